The molecule has 1 fully saturated rings. The summed E-state index contributed by atoms with van der Waals surface area (Å²) in [4.78, 5) is 16.7. The number of pyridine rings is 1. The number of aromatic nitrogens is 1. The fraction of sp³-hybridized carbons (Fsp3) is 0.500. The van der Waals surface area contributed by atoms with Gasteiger partial charge in [-0.25, -0.2) is 4.98 Å². The van der Waals surface area contributed by atoms with Crippen LogP contribution in [0, 0.1) is 21.4 Å². The molecule has 100 valence electrons. The van der Waals surface area contributed by atoms with Gasteiger partial charge in [0.15, 0.2) is 0 Å². The maximum atomic E-state index is 11.1. The molecule has 2 heterocycles. The molecule has 1 unspecified atom stereocenters. The molecule has 0 saturated carbocycles. The van der Waals surface area contributed by atoms with Gasteiger partial charge in [-0.2, -0.15) is 5.26 Å². The number of hydrogen-bond donors (Lipinski definition) is 1. The molecule has 1 N–H and O–H groups in total. The maximum absolute atomic E-state index is 11.1. The van der Waals surface area contributed by atoms with Gasteiger partial charge in [0.25, 0.3) is 0 Å². The molecule has 0 bridgehead atoms. The Labute approximate surface area is 111 Å². The fourth-order valence-electron chi connectivity index (χ4n) is 2.43. The Morgan fingerprint density at radius 3 is 3.16 bits per heavy atom. The van der Waals surface area contributed by atoms with Gasteiger partial charge in [0.05, 0.1) is 10.5 Å². The van der Waals surface area contributed by atoms with Crippen molar-refractivity contribution >= 4 is 11.5 Å². The molecular formula is C12H15N5O2. The van der Waals surface area contributed by atoms with Gasteiger partial charge in [-0.05, 0) is 19.9 Å². The smallest absolute Gasteiger partial charge is 0.312 e. The molecule has 7 nitrogen and oxygen atoms in total. The molecule has 2 rings (SSSR count). The van der Waals surface area contributed by atoms with Crippen LogP contribution in [0.2, 0.25) is 0 Å². The molecule has 0 spiro atoms. The van der Waals surface area contributed by atoms with Crippen LogP contribution in [0.4, 0.5) is 11.5 Å². The first-order chi connectivity index (χ1) is 9.17. The van der Waals surface area contributed by atoms with Crippen molar-refractivity contribution in [1.82, 2.24) is 10.3 Å². The summed E-state index contributed by atoms with van der Waals surface area (Å²) in [6.45, 7) is 1.52. The van der Waals surface area contributed by atoms with Gasteiger partial charge < -0.3 is 10.2 Å². The van der Waals surface area contributed by atoms with Gasteiger partial charge in [-0.1, -0.05) is 0 Å². The highest BCUT2D eigenvalue weighted by atomic mass is 16.6. The zero-order chi connectivity index (χ0) is 13.8. The molecular weight excluding hydrogens is 246 g/mol. The first-order valence-corrected chi connectivity index (χ1v) is 6.13. The van der Waals surface area contributed by atoms with Crippen LogP contribution in [-0.4, -0.2) is 36.1 Å². The fourth-order valence-corrected chi connectivity index (χ4v) is 2.43. The third kappa shape index (κ3) is 2.63. The minimum Gasteiger partial charge on any atom is -0.347 e. The standard InChI is InChI=1S/C12H15N5O2/c1-14-8-10-3-2-4-16(10)12-11(17(18)19)5-9(6-13)7-15-12/h5,7,10,14H,2-4,8H2,1H3. The zero-order valence-corrected chi connectivity index (χ0v) is 10.7. The molecule has 0 radical (unpaired) electrons. The number of likely N-dealkylation sites (N-methyl/N-ethyl adjacent to an activating group) is 1. The SMILES string of the molecule is CNCC1CCCN1c1ncc(C#N)cc1[N+](=O)[O-]. The number of anilines is 1. The van der Waals surface area contributed by atoms with Crippen LogP contribution in [0.3, 0.4) is 0 Å². The lowest BCUT2D eigenvalue weighted by atomic mass is 10.2. The van der Waals surface area contributed by atoms with Gasteiger partial charge in [0.1, 0.15) is 6.07 Å². The number of nitrogens with zero attached hydrogens (tertiary/aromatic N) is 4. The van der Waals surface area contributed by atoms with Gasteiger partial charge >= 0.3 is 5.69 Å². The summed E-state index contributed by atoms with van der Waals surface area (Å²) in [7, 11) is 1.86. The Morgan fingerprint density at radius 1 is 1.74 bits per heavy atom. The summed E-state index contributed by atoms with van der Waals surface area (Å²) >= 11 is 0. The van der Waals surface area contributed by atoms with E-state index in [9.17, 15) is 10.1 Å². The molecule has 1 aliphatic rings. The van der Waals surface area contributed by atoms with Crippen molar-refractivity contribution in [2.75, 3.05) is 25.0 Å². The molecule has 0 aromatic carbocycles. The predicted molar refractivity (Wildman–Crippen MR) is 69.9 cm³/mol. The first-order valence-electron chi connectivity index (χ1n) is 6.13. The Bertz CT molecular complexity index is 525. The van der Waals surface area contributed by atoms with Crippen molar-refractivity contribution < 1.29 is 4.92 Å². The van der Waals surface area contributed by atoms with E-state index >= 15 is 0 Å². The summed E-state index contributed by atoms with van der Waals surface area (Å²) in [5.74, 6) is 0.363. The molecule has 0 amide bonds. The third-order valence-corrected chi connectivity index (χ3v) is 3.26. The van der Waals surface area contributed by atoms with E-state index in [0.29, 0.717) is 5.82 Å². The van der Waals surface area contributed by atoms with Crippen LogP contribution < -0.4 is 10.2 Å². The van der Waals surface area contributed by atoms with Crippen LogP contribution in [-0.2, 0) is 0 Å². The number of nitro groups is 1. The van der Waals surface area contributed by atoms with Gasteiger partial charge in [0, 0.05) is 31.4 Å². The maximum Gasteiger partial charge on any atom is 0.312 e. The molecule has 19 heavy (non-hydrogen) atoms. The number of rotatable bonds is 4. The van der Waals surface area contributed by atoms with Gasteiger partial charge in [0.2, 0.25) is 5.82 Å². The molecule has 1 aromatic heterocycles. The Kier molecular flexibility index (Phi) is 3.92. The average Bonchev–Trinajstić information content (AvgIpc) is 2.86. The van der Waals surface area contributed by atoms with Crippen molar-refractivity contribution in [2.24, 2.45) is 0 Å². The summed E-state index contributed by atoms with van der Waals surface area (Å²) in [5, 5.41) is 23.0. The lowest BCUT2D eigenvalue weighted by Crippen LogP contribution is -2.37. The van der Waals surface area contributed by atoms with E-state index in [1.165, 1.54) is 12.3 Å². The van der Waals surface area contributed by atoms with Crippen molar-refractivity contribution in [1.29, 1.82) is 5.26 Å². The van der Waals surface area contributed by atoms with E-state index in [4.69, 9.17) is 5.26 Å². The highest BCUT2D eigenvalue weighted by Gasteiger charge is 2.30. The molecule has 1 saturated heterocycles. The van der Waals surface area contributed by atoms with E-state index in [1.807, 2.05) is 18.0 Å². The second kappa shape index (κ2) is 5.63. The molecule has 1 aromatic rings. The van der Waals surface area contributed by atoms with Crippen LogP contribution in [0.15, 0.2) is 12.3 Å². The highest BCUT2D eigenvalue weighted by molar-refractivity contribution is 5.61. The molecule has 0 aliphatic carbocycles. The zero-order valence-electron chi connectivity index (χ0n) is 10.7. The van der Waals surface area contributed by atoms with E-state index < -0.39 is 4.92 Å². The molecule has 7 heteroatoms. The molecule has 1 atom stereocenters. The topological polar surface area (TPSA) is 95.1 Å². The number of hydrogen-bond acceptors (Lipinski definition) is 6. The van der Waals surface area contributed by atoms with E-state index in [2.05, 4.69) is 10.3 Å². The van der Waals surface area contributed by atoms with Crippen LogP contribution in [0.5, 0.6) is 0 Å². The monoisotopic (exact) mass is 261 g/mol. The second-order valence-corrected chi connectivity index (χ2v) is 4.48. The normalized spacial score (nSPS) is 18.3. The van der Waals surface area contributed by atoms with Crippen molar-refractivity contribution in [3.8, 4) is 6.07 Å². The summed E-state index contributed by atoms with van der Waals surface area (Å²) < 4.78 is 0. The Morgan fingerprint density at radius 2 is 2.53 bits per heavy atom. The highest BCUT2D eigenvalue weighted by Crippen LogP contribution is 2.31. The Balaban J connectivity index is 2.38. The predicted octanol–water partition coefficient (Wildman–Crippen LogP) is 1.05. The van der Waals surface area contributed by atoms with Crippen LogP contribution in [0.25, 0.3) is 0 Å². The summed E-state index contributed by atoms with van der Waals surface area (Å²) in [5.41, 5.74) is 0.113. The summed E-state index contributed by atoms with van der Waals surface area (Å²) in [6, 6.07) is 3.38. The number of nitrogens with one attached hydrogen (secondary N) is 1. The van der Waals surface area contributed by atoms with Gasteiger partial charge in [-0.15, -0.1) is 0 Å². The van der Waals surface area contributed by atoms with Crippen molar-refractivity contribution in [3.63, 3.8) is 0 Å². The quantitative estimate of drug-likeness (QED) is 0.643. The molecule has 1 aliphatic heterocycles. The lowest BCUT2D eigenvalue weighted by Gasteiger charge is -2.25. The van der Waals surface area contributed by atoms with Gasteiger partial charge in [-0.3, -0.25) is 10.1 Å². The largest absolute Gasteiger partial charge is 0.347 e. The van der Waals surface area contributed by atoms with E-state index in [1.54, 1.807) is 0 Å². The summed E-state index contributed by atoms with van der Waals surface area (Å²) in [6.07, 6.45) is 3.36. The van der Waals surface area contributed by atoms with Crippen molar-refractivity contribution in [3.05, 3.63) is 27.9 Å². The first kappa shape index (κ1) is 13.2. The minimum atomic E-state index is -0.474. The van der Waals surface area contributed by atoms with E-state index in [0.717, 1.165) is 25.9 Å². The van der Waals surface area contributed by atoms with Crippen LogP contribution >= 0.6 is 0 Å². The lowest BCUT2D eigenvalue weighted by molar-refractivity contribution is -0.384. The average molecular weight is 261 g/mol. The number of nitriles is 1. The van der Waals surface area contributed by atoms with Crippen LogP contribution in [0.1, 0.15) is 18.4 Å². The van der Waals surface area contributed by atoms with E-state index in [-0.39, 0.29) is 17.3 Å². The Hall–Kier alpha value is -2.20. The second-order valence-electron chi connectivity index (χ2n) is 4.48. The third-order valence-electron chi connectivity index (χ3n) is 3.26. The minimum absolute atomic E-state index is 0.0953. The van der Waals surface area contributed by atoms with Crippen molar-refractivity contribution in [2.45, 2.75) is 18.9 Å².